The average molecular weight is 447 g/mol. The Morgan fingerprint density at radius 2 is 2.00 bits per heavy atom. The molecular weight excluding hydrogens is 424 g/mol. The minimum atomic E-state index is -2.37. The van der Waals surface area contributed by atoms with Crippen LogP contribution in [0.2, 0.25) is 0 Å². The largest absolute Gasteiger partial charge is 0.461 e. The molecule has 13 heteroatoms. The van der Waals surface area contributed by atoms with Crippen molar-refractivity contribution in [1.29, 1.82) is 0 Å². The maximum atomic E-state index is 13.2. The van der Waals surface area contributed by atoms with Crippen molar-refractivity contribution < 1.29 is 18.0 Å². The molecule has 2 fully saturated rings. The van der Waals surface area contributed by atoms with Crippen LogP contribution in [0.15, 0.2) is 22.8 Å². The first kappa shape index (κ1) is 20.5. The van der Waals surface area contributed by atoms with Gasteiger partial charge in [0.25, 0.3) is 12.2 Å². The third-order valence-electron chi connectivity index (χ3n) is 5.70. The topological polar surface area (TPSA) is 131 Å². The number of nitrogens with two attached hydrogens (primary N) is 1. The van der Waals surface area contributed by atoms with Gasteiger partial charge in [0, 0.05) is 26.2 Å². The number of amides is 1. The maximum Gasteiger partial charge on any atom is 0.259 e. The molecule has 0 aromatic carbocycles. The van der Waals surface area contributed by atoms with Crippen LogP contribution in [0.1, 0.15) is 12.8 Å². The van der Waals surface area contributed by atoms with Crippen LogP contribution in [-0.4, -0.2) is 85.5 Å². The molecule has 1 saturated carbocycles. The molecule has 5 rings (SSSR count). The zero-order valence-electron chi connectivity index (χ0n) is 17.2. The molecule has 32 heavy (non-hydrogen) atoms. The van der Waals surface area contributed by atoms with E-state index >= 15 is 0 Å². The fraction of sp³-hybridized carbons (Fsp3) is 0.526. The van der Waals surface area contributed by atoms with Crippen LogP contribution in [0.4, 0.5) is 20.7 Å². The van der Waals surface area contributed by atoms with Gasteiger partial charge in [0.2, 0.25) is 23.6 Å². The van der Waals surface area contributed by atoms with Crippen LogP contribution in [0.3, 0.4) is 0 Å². The number of carbonyl (C=O) groups excluding carboxylic acids is 1. The van der Waals surface area contributed by atoms with E-state index in [0.717, 1.165) is 12.8 Å². The lowest BCUT2D eigenvalue weighted by Gasteiger charge is -2.36. The second kappa shape index (κ2) is 8.30. The Labute approximate surface area is 181 Å². The number of aromatic nitrogens is 5. The summed E-state index contributed by atoms with van der Waals surface area (Å²) in [7, 11) is 0. The van der Waals surface area contributed by atoms with Crippen molar-refractivity contribution in [2.45, 2.75) is 25.3 Å². The lowest BCUT2D eigenvalue weighted by Crippen LogP contribution is -2.54. The van der Waals surface area contributed by atoms with Crippen molar-refractivity contribution in [3.63, 3.8) is 0 Å². The number of hydrogen-bond donors (Lipinski definition) is 2. The van der Waals surface area contributed by atoms with E-state index in [1.54, 1.807) is 21.9 Å². The van der Waals surface area contributed by atoms with E-state index in [1.807, 2.05) is 0 Å². The second-order valence-electron chi connectivity index (χ2n) is 8.01. The monoisotopic (exact) mass is 447 g/mol. The zero-order valence-corrected chi connectivity index (χ0v) is 17.2. The molecule has 4 heterocycles. The predicted molar refractivity (Wildman–Crippen MR) is 110 cm³/mol. The number of nitrogen functional groups attached to an aromatic ring is 1. The Bertz CT molecular complexity index is 1090. The number of nitrogens with zero attached hydrogens (tertiary/aromatic N) is 7. The summed E-state index contributed by atoms with van der Waals surface area (Å²) in [4.78, 5) is 29.5. The molecule has 1 saturated heterocycles. The van der Waals surface area contributed by atoms with Crippen LogP contribution in [0.5, 0.6) is 0 Å². The second-order valence-corrected chi connectivity index (χ2v) is 8.01. The van der Waals surface area contributed by atoms with Gasteiger partial charge in [0.15, 0.2) is 5.76 Å². The van der Waals surface area contributed by atoms with Gasteiger partial charge in [0.05, 0.1) is 12.8 Å². The van der Waals surface area contributed by atoms with Crippen LogP contribution in [0, 0.1) is 5.92 Å². The molecule has 3 aromatic rings. The van der Waals surface area contributed by atoms with E-state index in [4.69, 9.17) is 10.2 Å². The lowest BCUT2D eigenvalue weighted by atomic mass is 10.1. The highest BCUT2D eigenvalue weighted by atomic mass is 19.3. The Hall–Kier alpha value is -3.35. The van der Waals surface area contributed by atoms with E-state index in [-0.39, 0.29) is 36.0 Å². The summed E-state index contributed by atoms with van der Waals surface area (Å²) in [6.07, 6.45) is 0.976. The summed E-state index contributed by atoms with van der Waals surface area (Å²) in [5.41, 5.74) is 6.04. The molecule has 3 N–H and O–H groups in total. The van der Waals surface area contributed by atoms with Crippen molar-refractivity contribution in [3.8, 4) is 11.6 Å². The summed E-state index contributed by atoms with van der Waals surface area (Å²) >= 11 is 0. The van der Waals surface area contributed by atoms with E-state index < -0.39 is 12.5 Å². The molecule has 0 bridgehead atoms. The number of piperazine rings is 1. The zero-order chi connectivity index (χ0) is 22.2. The number of fused-ring (bicyclic) bond motifs is 1. The van der Waals surface area contributed by atoms with E-state index in [1.165, 1.54) is 10.8 Å². The summed E-state index contributed by atoms with van der Waals surface area (Å²) in [6.45, 7) is 1.42. The summed E-state index contributed by atoms with van der Waals surface area (Å²) in [5.74, 6) is 1.38. The normalized spacial score (nSPS) is 18.4. The Morgan fingerprint density at radius 3 is 2.66 bits per heavy atom. The number of furan rings is 1. The molecule has 1 aliphatic carbocycles. The smallest absolute Gasteiger partial charge is 0.259 e. The van der Waals surface area contributed by atoms with Gasteiger partial charge in [-0.05, 0) is 30.9 Å². The first-order valence-corrected chi connectivity index (χ1v) is 10.5. The van der Waals surface area contributed by atoms with Crippen LogP contribution < -0.4 is 11.1 Å². The number of halogens is 2. The molecule has 1 aliphatic heterocycles. The van der Waals surface area contributed by atoms with Gasteiger partial charge >= 0.3 is 0 Å². The van der Waals surface area contributed by atoms with Crippen molar-refractivity contribution in [1.82, 2.24) is 34.4 Å². The fourth-order valence-electron chi connectivity index (χ4n) is 3.87. The highest BCUT2D eigenvalue weighted by Crippen LogP contribution is 2.35. The number of anilines is 2. The molecule has 3 aromatic heterocycles. The van der Waals surface area contributed by atoms with E-state index in [9.17, 15) is 13.6 Å². The van der Waals surface area contributed by atoms with Crippen molar-refractivity contribution >= 4 is 23.6 Å². The predicted octanol–water partition coefficient (Wildman–Crippen LogP) is 0.961. The van der Waals surface area contributed by atoms with E-state index in [0.29, 0.717) is 37.8 Å². The summed E-state index contributed by atoms with van der Waals surface area (Å²) in [5, 5.41) is 7.39. The van der Waals surface area contributed by atoms with Crippen LogP contribution >= 0.6 is 0 Å². The first-order chi connectivity index (χ1) is 15.5. The van der Waals surface area contributed by atoms with Crippen molar-refractivity contribution in [2.24, 2.45) is 5.92 Å². The van der Waals surface area contributed by atoms with Gasteiger partial charge in [-0.15, -0.1) is 5.10 Å². The maximum absolute atomic E-state index is 13.2. The summed E-state index contributed by atoms with van der Waals surface area (Å²) in [6, 6.07) is 2.94. The average Bonchev–Trinajstić information content (AvgIpc) is 3.27. The molecule has 0 radical (unpaired) electrons. The molecule has 170 valence electrons. The molecule has 1 amide bonds. The van der Waals surface area contributed by atoms with Crippen molar-refractivity contribution in [3.05, 3.63) is 18.4 Å². The SMILES string of the molecule is Nc1nc(N[C@H](C(=O)N2CCN(CC(F)F)CC2)C2CC2)nc2nc(-c3ccco3)nn12. The third kappa shape index (κ3) is 4.20. The Morgan fingerprint density at radius 1 is 1.22 bits per heavy atom. The van der Waals surface area contributed by atoms with Gasteiger partial charge in [-0.1, -0.05) is 0 Å². The highest BCUT2D eigenvalue weighted by Gasteiger charge is 2.39. The number of rotatable bonds is 7. The van der Waals surface area contributed by atoms with E-state index in [2.05, 4.69) is 25.4 Å². The third-order valence-corrected chi connectivity index (χ3v) is 5.70. The number of alkyl halides is 2. The molecule has 2 aliphatic rings. The molecule has 0 unspecified atom stereocenters. The molecule has 1 atom stereocenters. The quantitative estimate of drug-likeness (QED) is 0.544. The van der Waals surface area contributed by atoms with Gasteiger partial charge in [-0.3, -0.25) is 9.69 Å². The lowest BCUT2D eigenvalue weighted by molar-refractivity contribution is -0.134. The van der Waals surface area contributed by atoms with Gasteiger partial charge in [0.1, 0.15) is 6.04 Å². The minimum absolute atomic E-state index is 0.0745. The van der Waals surface area contributed by atoms with Gasteiger partial charge in [-0.2, -0.15) is 19.5 Å². The number of carbonyl (C=O) groups is 1. The van der Waals surface area contributed by atoms with Gasteiger partial charge < -0.3 is 20.4 Å². The Kier molecular flexibility index (Phi) is 5.33. The number of hydrogen-bond acceptors (Lipinski definition) is 9. The number of nitrogens with one attached hydrogen (secondary N) is 1. The standard InChI is InChI=1S/C19H23F2N9O2/c20-13(21)10-28-5-7-29(8-6-28)16(31)14(11-3-4-11)23-18-25-17(22)30-19(26-18)24-15(27-30)12-2-1-9-32-12/h1-2,9,11,13-14H,3-8,10H2,(H3,22,23,24,25,26,27)/t14-/m0/s1. The van der Waals surface area contributed by atoms with Crippen LogP contribution in [0.25, 0.3) is 17.4 Å². The highest BCUT2D eigenvalue weighted by molar-refractivity contribution is 5.85. The Balaban J connectivity index is 1.31. The fourth-order valence-corrected chi connectivity index (χ4v) is 3.87. The summed E-state index contributed by atoms with van der Waals surface area (Å²) < 4.78 is 31.8. The molecule has 0 spiro atoms. The molecule has 11 nitrogen and oxygen atoms in total. The van der Waals surface area contributed by atoms with Crippen molar-refractivity contribution in [2.75, 3.05) is 43.8 Å². The van der Waals surface area contributed by atoms with Gasteiger partial charge in [-0.25, -0.2) is 8.78 Å². The minimum Gasteiger partial charge on any atom is -0.461 e. The van der Waals surface area contributed by atoms with Crippen LogP contribution in [-0.2, 0) is 4.79 Å². The first-order valence-electron chi connectivity index (χ1n) is 10.5. The molecular formula is C19H23F2N9O2.